The molecule has 2 atom stereocenters. The molecule has 9 nitrogen and oxygen atoms in total. The number of amides is 3. The van der Waals surface area contributed by atoms with Gasteiger partial charge in [-0.25, -0.2) is 9.59 Å². The number of nitrogens with one attached hydrogen (secondary N) is 1. The van der Waals surface area contributed by atoms with E-state index in [-0.39, 0.29) is 6.54 Å². The number of carboxylic acid groups (broad SMARTS) is 1. The fourth-order valence-electron chi connectivity index (χ4n) is 3.28. The van der Waals surface area contributed by atoms with Crippen molar-refractivity contribution in [3.05, 3.63) is 0 Å². The van der Waals surface area contributed by atoms with Crippen molar-refractivity contribution < 1.29 is 29.0 Å². The molecule has 0 radical (unpaired) electrons. The first kappa shape index (κ1) is 20.0. The van der Waals surface area contributed by atoms with E-state index in [0.29, 0.717) is 38.8 Å². The highest BCUT2D eigenvalue weighted by Crippen LogP contribution is 2.21. The summed E-state index contributed by atoms with van der Waals surface area (Å²) in [6, 6.07) is -1.50. The van der Waals surface area contributed by atoms with E-state index >= 15 is 0 Å². The number of nitrogens with zero attached hydrogens (tertiary/aromatic N) is 2. The summed E-state index contributed by atoms with van der Waals surface area (Å²) in [5.74, 6) is -1.88. The SMILES string of the molecule is CC(C)(C)OC(=O)N1CCC[C@H]1C(=O)NCC(=O)N1CCC[C@H]1C(=O)O. The Labute approximate surface area is 152 Å². The maximum atomic E-state index is 12.4. The highest BCUT2D eigenvalue weighted by Gasteiger charge is 2.38. The molecule has 26 heavy (non-hydrogen) atoms. The molecule has 2 heterocycles. The van der Waals surface area contributed by atoms with E-state index in [1.807, 2.05) is 0 Å². The fraction of sp³-hybridized carbons (Fsp3) is 0.765. The number of hydrogen-bond acceptors (Lipinski definition) is 5. The Kier molecular flexibility index (Phi) is 6.09. The van der Waals surface area contributed by atoms with Crippen LogP contribution in [0.3, 0.4) is 0 Å². The lowest BCUT2D eigenvalue weighted by Gasteiger charge is -2.28. The predicted molar refractivity (Wildman–Crippen MR) is 91.3 cm³/mol. The molecule has 2 fully saturated rings. The Balaban J connectivity index is 1.89. The second kappa shape index (κ2) is 7.92. The van der Waals surface area contributed by atoms with Gasteiger partial charge in [0.1, 0.15) is 17.7 Å². The van der Waals surface area contributed by atoms with Crippen LogP contribution in [0.5, 0.6) is 0 Å². The second-order valence-electron chi connectivity index (χ2n) is 7.63. The van der Waals surface area contributed by atoms with E-state index in [1.165, 1.54) is 9.80 Å². The van der Waals surface area contributed by atoms with Crippen LogP contribution < -0.4 is 5.32 Å². The van der Waals surface area contributed by atoms with Gasteiger partial charge in [-0.3, -0.25) is 14.5 Å². The molecule has 0 aliphatic carbocycles. The normalized spacial score (nSPS) is 23.0. The lowest BCUT2D eigenvalue weighted by Crippen LogP contribution is -2.50. The van der Waals surface area contributed by atoms with Gasteiger partial charge in [0.25, 0.3) is 0 Å². The molecule has 2 aliphatic heterocycles. The van der Waals surface area contributed by atoms with Crippen molar-refractivity contribution >= 4 is 23.9 Å². The molecule has 0 unspecified atom stereocenters. The summed E-state index contributed by atoms with van der Waals surface area (Å²) in [6.45, 7) is 5.78. The minimum absolute atomic E-state index is 0.277. The molecule has 2 rings (SSSR count). The third kappa shape index (κ3) is 4.86. The van der Waals surface area contributed by atoms with Gasteiger partial charge in [-0.1, -0.05) is 0 Å². The molecule has 0 bridgehead atoms. The number of carboxylic acids is 1. The van der Waals surface area contributed by atoms with E-state index in [2.05, 4.69) is 5.32 Å². The third-order valence-corrected chi connectivity index (χ3v) is 4.46. The van der Waals surface area contributed by atoms with Crippen LogP contribution >= 0.6 is 0 Å². The number of aliphatic carboxylic acids is 1. The Morgan fingerprint density at radius 1 is 1.04 bits per heavy atom. The van der Waals surface area contributed by atoms with Crippen LogP contribution in [0.1, 0.15) is 46.5 Å². The minimum atomic E-state index is -1.03. The second-order valence-corrected chi connectivity index (χ2v) is 7.63. The molecule has 0 aromatic heterocycles. The fourth-order valence-corrected chi connectivity index (χ4v) is 3.28. The van der Waals surface area contributed by atoms with Crippen LogP contribution in [0.4, 0.5) is 4.79 Å². The molecule has 2 aliphatic rings. The number of carbonyl (C=O) groups is 4. The summed E-state index contributed by atoms with van der Waals surface area (Å²) in [4.78, 5) is 50.7. The van der Waals surface area contributed by atoms with Crippen molar-refractivity contribution in [1.29, 1.82) is 0 Å². The lowest BCUT2D eigenvalue weighted by atomic mass is 10.2. The van der Waals surface area contributed by atoms with Crippen LogP contribution in [-0.2, 0) is 19.1 Å². The average Bonchev–Trinajstić information content (AvgIpc) is 3.18. The summed E-state index contributed by atoms with van der Waals surface area (Å²) in [6.07, 6.45) is 1.68. The Hall–Kier alpha value is -2.32. The van der Waals surface area contributed by atoms with Crippen LogP contribution in [0, 0.1) is 0 Å². The topological polar surface area (TPSA) is 116 Å². The molecule has 146 valence electrons. The molecule has 3 amide bonds. The first-order chi connectivity index (χ1) is 12.1. The van der Waals surface area contributed by atoms with Gasteiger partial charge < -0.3 is 20.1 Å². The van der Waals surface area contributed by atoms with Gasteiger partial charge in [-0.15, -0.1) is 0 Å². The van der Waals surface area contributed by atoms with Crippen LogP contribution in [0.25, 0.3) is 0 Å². The molecule has 0 aromatic carbocycles. The van der Waals surface area contributed by atoms with Gasteiger partial charge in [0, 0.05) is 13.1 Å². The summed E-state index contributed by atoms with van der Waals surface area (Å²) in [5, 5.41) is 11.7. The number of hydrogen-bond donors (Lipinski definition) is 2. The molecule has 2 saturated heterocycles. The quantitative estimate of drug-likeness (QED) is 0.749. The molecule has 0 saturated carbocycles. The standard InChI is InChI=1S/C17H27N3O6/c1-17(2,3)26-16(25)20-9-4-6-11(20)14(22)18-10-13(21)19-8-5-7-12(19)15(23)24/h11-12H,4-10H2,1-3H3,(H,18,22)(H,23,24)/t11-,12-/m0/s1. The number of carbonyl (C=O) groups excluding carboxylic acids is 3. The molecular formula is C17H27N3O6. The van der Waals surface area contributed by atoms with Gasteiger partial charge in [0.05, 0.1) is 6.54 Å². The van der Waals surface area contributed by atoms with Gasteiger partial charge >= 0.3 is 12.1 Å². The monoisotopic (exact) mass is 369 g/mol. The first-order valence-corrected chi connectivity index (χ1v) is 8.90. The van der Waals surface area contributed by atoms with Crippen molar-refractivity contribution in [3.63, 3.8) is 0 Å². The Morgan fingerprint density at radius 3 is 2.19 bits per heavy atom. The van der Waals surface area contributed by atoms with E-state index < -0.39 is 41.6 Å². The van der Waals surface area contributed by atoms with Crippen LogP contribution in [0.2, 0.25) is 0 Å². The van der Waals surface area contributed by atoms with Crippen LogP contribution in [0.15, 0.2) is 0 Å². The maximum absolute atomic E-state index is 12.4. The Morgan fingerprint density at radius 2 is 1.62 bits per heavy atom. The zero-order valence-corrected chi connectivity index (χ0v) is 15.5. The van der Waals surface area contributed by atoms with Crippen molar-refractivity contribution in [2.24, 2.45) is 0 Å². The number of likely N-dealkylation sites (tertiary alicyclic amines) is 2. The summed E-state index contributed by atoms with van der Waals surface area (Å²) >= 11 is 0. The first-order valence-electron chi connectivity index (χ1n) is 8.90. The summed E-state index contributed by atoms with van der Waals surface area (Å²) in [7, 11) is 0. The number of rotatable bonds is 4. The zero-order valence-electron chi connectivity index (χ0n) is 15.5. The van der Waals surface area contributed by atoms with Gasteiger partial charge in [0.15, 0.2) is 0 Å². The summed E-state index contributed by atoms with van der Waals surface area (Å²) in [5.41, 5.74) is -0.655. The Bertz CT molecular complexity index is 586. The largest absolute Gasteiger partial charge is 0.480 e. The molecule has 0 aromatic rings. The van der Waals surface area contributed by atoms with Crippen molar-refractivity contribution in [2.75, 3.05) is 19.6 Å². The molecule has 2 N–H and O–H groups in total. The third-order valence-electron chi connectivity index (χ3n) is 4.46. The number of ether oxygens (including phenoxy) is 1. The van der Waals surface area contributed by atoms with E-state index in [9.17, 15) is 19.2 Å². The maximum Gasteiger partial charge on any atom is 0.410 e. The van der Waals surface area contributed by atoms with Gasteiger partial charge in [-0.05, 0) is 46.5 Å². The van der Waals surface area contributed by atoms with Gasteiger partial charge in [-0.2, -0.15) is 0 Å². The average molecular weight is 369 g/mol. The molecule has 9 heteroatoms. The van der Waals surface area contributed by atoms with E-state index in [1.54, 1.807) is 20.8 Å². The highest BCUT2D eigenvalue weighted by atomic mass is 16.6. The lowest BCUT2D eigenvalue weighted by molar-refractivity contribution is -0.148. The van der Waals surface area contributed by atoms with Crippen molar-refractivity contribution in [3.8, 4) is 0 Å². The van der Waals surface area contributed by atoms with Crippen molar-refractivity contribution in [2.45, 2.75) is 64.1 Å². The molecular weight excluding hydrogens is 342 g/mol. The summed E-state index contributed by atoms with van der Waals surface area (Å²) < 4.78 is 5.32. The minimum Gasteiger partial charge on any atom is -0.480 e. The smallest absolute Gasteiger partial charge is 0.410 e. The zero-order chi connectivity index (χ0) is 19.5. The van der Waals surface area contributed by atoms with Crippen LogP contribution in [-0.4, -0.2) is 76.1 Å². The van der Waals surface area contributed by atoms with E-state index in [4.69, 9.17) is 9.84 Å². The van der Waals surface area contributed by atoms with Gasteiger partial charge in [0.2, 0.25) is 11.8 Å². The highest BCUT2D eigenvalue weighted by molar-refractivity contribution is 5.91. The predicted octanol–water partition coefficient (Wildman–Crippen LogP) is 0.578. The van der Waals surface area contributed by atoms with E-state index in [0.717, 1.165) is 0 Å². The molecule has 0 spiro atoms. The van der Waals surface area contributed by atoms with Crippen molar-refractivity contribution in [1.82, 2.24) is 15.1 Å².